The monoisotopic (exact) mass is 344 g/mol. The Morgan fingerprint density at radius 3 is 2.33 bits per heavy atom. The van der Waals surface area contributed by atoms with Crippen LogP contribution in [0, 0.1) is 0 Å². The molecular formula is C11H9Cl2F3N2O3. The Labute approximate surface area is 127 Å². The number of amides is 2. The van der Waals surface area contributed by atoms with E-state index in [4.69, 9.17) is 28.3 Å². The summed E-state index contributed by atoms with van der Waals surface area (Å²) in [5, 5.41) is 11.0. The van der Waals surface area contributed by atoms with E-state index in [0.717, 1.165) is 0 Å². The standard InChI is InChI=1S/C11H9Cl2F3N2O3/c12-7-2-1-6(3-8(7)13)17-10(21)18(4-9(19)20)5-11(14,15)16/h1-3H,4-5H2,(H,17,21)(H,19,20). The van der Waals surface area contributed by atoms with Gasteiger partial charge in [0.05, 0.1) is 10.0 Å². The number of carboxylic acid groups (broad SMARTS) is 1. The summed E-state index contributed by atoms with van der Waals surface area (Å²) in [5.41, 5.74) is 0.0898. The van der Waals surface area contributed by atoms with Gasteiger partial charge in [-0.15, -0.1) is 0 Å². The summed E-state index contributed by atoms with van der Waals surface area (Å²) in [5.74, 6) is -1.57. The minimum absolute atomic E-state index is 0.0898. The van der Waals surface area contributed by atoms with E-state index in [1.165, 1.54) is 18.2 Å². The minimum Gasteiger partial charge on any atom is -0.480 e. The Hall–Kier alpha value is -1.67. The first-order valence-electron chi connectivity index (χ1n) is 5.38. The lowest BCUT2D eigenvalue weighted by Gasteiger charge is -2.22. The van der Waals surface area contributed by atoms with E-state index in [2.05, 4.69) is 5.32 Å². The van der Waals surface area contributed by atoms with Gasteiger partial charge in [0.1, 0.15) is 13.1 Å². The van der Waals surface area contributed by atoms with Crippen LogP contribution in [-0.2, 0) is 4.79 Å². The predicted octanol–water partition coefficient (Wildman–Crippen LogP) is 3.47. The van der Waals surface area contributed by atoms with Crippen LogP contribution < -0.4 is 5.32 Å². The molecule has 0 spiro atoms. The number of nitrogens with one attached hydrogen (secondary N) is 1. The van der Waals surface area contributed by atoms with Gasteiger partial charge in [-0.25, -0.2) is 4.79 Å². The number of hydrogen-bond acceptors (Lipinski definition) is 2. The highest BCUT2D eigenvalue weighted by molar-refractivity contribution is 6.42. The minimum atomic E-state index is -4.72. The lowest BCUT2D eigenvalue weighted by atomic mass is 10.3. The molecule has 2 amide bonds. The van der Waals surface area contributed by atoms with Crippen molar-refractivity contribution in [2.45, 2.75) is 6.18 Å². The molecule has 1 rings (SSSR count). The van der Waals surface area contributed by atoms with Crippen molar-refractivity contribution in [3.63, 3.8) is 0 Å². The summed E-state index contributed by atoms with van der Waals surface area (Å²) in [7, 11) is 0. The number of urea groups is 1. The SMILES string of the molecule is O=C(O)CN(CC(F)(F)F)C(=O)Nc1ccc(Cl)c(Cl)c1. The van der Waals surface area contributed by atoms with Crippen LogP contribution in [0.2, 0.25) is 10.0 Å². The molecule has 1 aromatic rings. The maximum Gasteiger partial charge on any atom is 0.406 e. The number of anilines is 1. The van der Waals surface area contributed by atoms with E-state index in [-0.39, 0.29) is 20.6 Å². The van der Waals surface area contributed by atoms with Gasteiger partial charge >= 0.3 is 18.2 Å². The van der Waals surface area contributed by atoms with Crippen LogP contribution in [0.3, 0.4) is 0 Å². The smallest absolute Gasteiger partial charge is 0.406 e. The van der Waals surface area contributed by atoms with Gasteiger partial charge in [-0.3, -0.25) is 4.79 Å². The second-order valence-electron chi connectivity index (χ2n) is 3.92. The molecule has 2 N–H and O–H groups in total. The average molecular weight is 345 g/mol. The molecule has 0 aliphatic heterocycles. The van der Waals surface area contributed by atoms with Gasteiger partial charge in [0.25, 0.3) is 0 Å². The van der Waals surface area contributed by atoms with E-state index >= 15 is 0 Å². The van der Waals surface area contributed by atoms with Crippen LogP contribution in [0.1, 0.15) is 0 Å². The quantitative estimate of drug-likeness (QED) is 0.878. The summed E-state index contributed by atoms with van der Waals surface area (Å²) >= 11 is 11.4. The van der Waals surface area contributed by atoms with E-state index < -0.39 is 31.3 Å². The summed E-state index contributed by atoms with van der Waals surface area (Å²) in [6.45, 7) is -2.78. The largest absolute Gasteiger partial charge is 0.480 e. The molecule has 0 aromatic heterocycles. The molecule has 1 aromatic carbocycles. The van der Waals surface area contributed by atoms with Gasteiger partial charge in [-0.05, 0) is 18.2 Å². The maximum atomic E-state index is 12.3. The zero-order valence-electron chi connectivity index (χ0n) is 10.2. The van der Waals surface area contributed by atoms with Gasteiger partial charge < -0.3 is 15.3 Å². The Kier molecular flexibility index (Phi) is 5.68. The number of carboxylic acids is 1. The molecule has 21 heavy (non-hydrogen) atoms. The van der Waals surface area contributed by atoms with Gasteiger partial charge in [-0.1, -0.05) is 23.2 Å². The van der Waals surface area contributed by atoms with E-state index in [0.29, 0.717) is 0 Å². The van der Waals surface area contributed by atoms with Crippen molar-refractivity contribution in [3.05, 3.63) is 28.2 Å². The molecular weight excluding hydrogens is 336 g/mol. The molecule has 0 fully saturated rings. The average Bonchev–Trinajstić information content (AvgIpc) is 2.30. The third kappa shape index (κ3) is 6.09. The predicted molar refractivity (Wildman–Crippen MR) is 70.7 cm³/mol. The summed E-state index contributed by atoms with van der Waals surface area (Å²) < 4.78 is 37.0. The molecule has 0 unspecified atom stereocenters. The number of carbonyl (C=O) groups excluding carboxylic acids is 1. The number of rotatable bonds is 4. The number of alkyl halides is 3. The van der Waals surface area contributed by atoms with Crippen molar-refractivity contribution >= 4 is 40.9 Å². The number of halogens is 5. The topological polar surface area (TPSA) is 69.6 Å². The zero-order chi connectivity index (χ0) is 16.2. The van der Waals surface area contributed by atoms with Crippen LogP contribution in [0.15, 0.2) is 18.2 Å². The summed E-state index contributed by atoms with van der Waals surface area (Å²) in [6, 6.07) is 2.67. The number of benzene rings is 1. The molecule has 0 saturated carbocycles. The number of nitrogens with zero attached hydrogens (tertiary/aromatic N) is 1. The zero-order valence-corrected chi connectivity index (χ0v) is 11.8. The summed E-state index contributed by atoms with van der Waals surface area (Å²) in [6.07, 6.45) is -4.72. The van der Waals surface area contributed by atoms with Crippen LogP contribution in [0.5, 0.6) is 0 Å². The fraction of sp³-hybridized carbons (Fsp3) is 0.273. The normalized spacial score (nSPS) is 11.1. The molecule has 0 aliphatic rings. The Bertz CT molecular complexity index is 552. The van der Waals surface area contributed by atoms with Crippen molar-refractivity contribution < 1.29 is 27.9 Å². The van der Waals surface area contributed by atoms with E-state index in [1.54, 1.807) is 0 Å². The van der Waals surface area contributed by atoms with Gasteiger partial charge in [0, 0.05) is 5.69 Å². The second kappa shape index (κ2) is 6.86. The van der Waals surface area contributed by atoms with Gasteiger partial charge in [-0.2, -0.15) is 13.2 Å². The molecule has 10 heteroatoms. The Morgan fingerprint density at radius 2 is 1.86 bits per heavy atom. The fourth-order valence-corrected chi connectivity index (χ4v) is 1.65. The van der Waals surface area contributed by atoms with E-state index in [1.807, 2.05) is 0 Å². The van der Waals surface area contributed by atoms with Crippen LogP contribution in [-0.4, -0.2) is 41.3 Å². The van der Waals surface area contributed by atoms with E-state index in [9.17, 15) is 22.8 Å². The Morgan fingerprint density at radius 1 is 1.24 bits per heavy atom. The van der Waals surface area contributed by atoms with Gasteiger partial charge in [0.15, 0.2) is 0 Å². The van der Waals surface area contributed by atoms with Crippen LogP contribution in [0.25, 0.3) is 0 Å². The highest BCUT2D eigenvalue weighted by Crippen LogP contribution is 2.25. The first kappa shape index (κ1) is 17.4. The number of aliphatic carboxylic acids is 1. The van der Waals surface area contributed by atoms with Crippen molar-refractivity contribution in [1.29, 1.82) is 0 Å². The molecule has 0 bridgehead atoms. The molecule has 0 saturated heterocycles. The molecule has 0 heterocycles. The highest BCUT2D eigenvalue weighted by atomic mass is 35.5. The molecule has 116 valence electrons. The maximum absolute atomic E-state index is 12.3. The third-order valence-electron chi connectivity index (χ3n) is 2.15. The number of carbonyl (C=O) groups is 2. The molecule has 0 atom stereocenters. The van der Waals surface area contributed by atoms with Crippen molar-refractivity contribution in [2.75, 3.05) is 18.4 Å². The van der Waals surface area contributed by atoms with Crippen molar-refractivity contribution in [3.8, 4) is 0 Å². The molecule has 5 nitrogen and oxygen atoms in total. The lowest BCUT2D eigenvalue weighted by molar-refractivity contribution is -0.148. The third-order valence-corrected chi connectivity index (χ3v) is 2.89. The van der Waals surface area contributed by atoms with Crippen molar-refractivity contribution in [2.24, 2.45) is 0 Å². The lowest BCUT2D eigenvalue weighted by Crippen LogP contribution is -2.44. The molecule has 0 radical (unpaired) electrons. The first-order valence-corrected chi connectivity index (χ1v) is 6.13. The summed E-state index contributed by atoms with van der Waals surface area (Å²) in [4.78, 5) is 22.3. The second-order valence-corrected chi connectivity index (χ2v) is 4.74. The Balaban J connectivity index is 2.84. The first-order chi connectivity index (χ1) is 9.58. The van der Waals surface area contributed by atoms with Crippen molar-refractivity contribution in [1.82, 2.24) is 4.90 Å². The number of hydrogen-bond donors (Lipinski definition) is 2. The molecule has 0 aliphatic carbocycles. The van der Waals surface area contributed by atoms with Gasteiger partial charge in [0.2, 0.25) is 0 Å². The highest BCUT2D eigenvalue weighted by Gasteiger charge is 2.34. The van der Waals surface area contributed by atoms with Crippen LogP contribution >= 0.6 is 23.2 Å². The fourth-order valence-electron chi connectivity index (χ4n) is 1.36. The van der Waals surface area contributed by atoms with Crippen LogP contribution in [0.4, 0.5) is 23.7 Å².